The lowest BCUT2D eigenvalue weighted by Gasteiger charge is -2.39. The lowest BCUT2D eigenvalue weighted by atomic mass is 9.84. The molecule has 0 bridgehead atoms. The first-order chi connectivity index (χ1) is 16.5. The highest BCUT2D eigenvalue weighted by Crippen LogP contribution is 2.34. The number of carboxylic acids is 1. The number of aliphatic hydroxyl groups is 1. The maximum Gasteiger partial charge on any atom is 0.490 e. The van der Waals surface area contributed by atoms with E-state index in [1.54, 1.807) is 17.3 Å². The molecule has 2 aliphatic rings. The molecular weight excluding hydrogens is 467 g/mol. The molecule has 1 aromatic heterocycles. The highest BCUT2D eigenvalue weighted by atomic mass is 19.4. The third-order valence-corrected chi connectivity index (χ3v) is 6.12. The number of pyridine rings is 1. The van der Waals surface area contributed by atoms with Crippen LogP contribution in [0.5, 0.6) is 0 Å². The summed E-state index contributed by atoms with van der Waals surface area (Å²) in [6.45, 7) is 1.96. The molecule has 2 saturated heterocycles. The number of rotatable bonds is 4. The van der Waals surface area contributed by atoms with Crippen molar-refractivity contribution < 1.29 is 37.8 Å². The van der Waals surface area contributed by atoms with Gasteiger partial charge in [-0.2, -0.15) is 13.2 Å². The average molecular weight is 493 g/mol. The van der Waals surface area contributed by atoms with E-state index in [4.69, 9.17) is 9.90 Å². The van der Waals surface area contributed by atoms with Crippen molar-refractivity contribution in [3.05, 3.63) is 66.0 Å². The van der Waals surface area contributed by atoms with E-state index in [1.165, 1.54) is 0 Å². The molecule has 35 heavy (non-hydrogen) atoms. The number of carbonyl (C=O) groups excluding carboxylic acids is 2. The van der Waals surface area contributed by atoms with Gasteiger partial charge in [0.05, 0.1) is 11.5 Å². The number of halogens is 3. The Labute approximate surface area is 200 Å². The minimum Gasteiger partial charge on any atom is -0.475 e. The minimum absolute atomic E-state index is 0.0139. The van der Waals surface area contributed by atoms with E-state index in [0.29, 0.717) is 39.0 Å². The van der Waals surface area contributed by atoms with Crippen LogP contribution in [0.4, 0.5) is 13.2 Å². The summed E-state index contributed by atoms with van der Waals surface area (Å²) >= 11 is 0. The third kappa shape index (κ3) is 6.78. The number of hydrogen-bond donors (Lipinski definition) is 2. The van der Waals surface area contributed by atoms with Crippen molar-refractivity contribution >= 4 is 17.8 Å². The molecule has 4 rings (SSSR count). The highest BCUT2D eigenvalue weighted by Gasteiger charge is 2.40. The van der Waals surface area contributed by atoms with Gasteiger partial charge >= 0.3 is 12.1 Å². The van der Waals surface area contributed by atoms with Gasteiger partial charge in [0.15, 0.2) is 0 Å². The molecule has 1 aromatic carbocycles. The summed E-state index contributed by atoms with van der Waals surface area (Å²) in [4.78, 5) is 41.8. The zero-order chi connectivity index (χ0) is 25.6. The minimum atomic E-state index is -5.08. The van der Waals surface area contributed by atoms with E-state index in [9.17, 15) is 27.9 Å². The van der Waals surface area contributed by atoms with Crippen molar-refractivity contribution in [3.8, 4) is 0 Å². The molecule has 2 aromatic rings. The number of piperidine rings is 1. The molecule has 2 aliphatic heterocycles. The molecule has 3 heterocycles. The molecule has 0 spiro atoms. The van der Waals surface area contributed by atoms with Gasteiger partial charge in [-0.25, -0.2) is 4.79 Å². The van der Waals surface area contributed by atoms with Crippen LogP contribution in [0.1, 0.15) is 30.4 Å². The molecule has 1 atom stereocenters. The summed E-state index contributed by atoms with van der Waals surface area (Å²) in [7, 11) is 0. The number of likely N-dealkylation sites (tertiary alicyclic amines) is 2. The molecule has 2 N–H and O–H groups in total. The van der Waals surface area contributed by atoms with Crippen LogP contribution in [-0.2, 0) is 26.5 Å². The van der Waals surface area contributed by atoms with Crippen molar-refractivity contribution in [1.29, 1.82) is 0 Å². The number of benzene rings is 1. The molecule has 0 aliphatic carbocycles. The van der Waals surface area contributed by atoms with Gasteiger partial charge in [0.2, 0.25) is 11.8 Å². The van der Waals surface area contributed by atoms with Crippen LogP contribution < -0.4 is 0 Å². The number of aromatic nitrogens is 1. The molecule has 8 nitrogen and oxygen atoms in total. The number of aliphatic carboxylic acids is 1. The number of hydrogen-bond acceptors (Lipinski definition) is 5. The van der Waals surface area contributed by atoms with E-state index in [1.807, 2.05) is 47.4 Å². The zero-order valence-corrected chi connectivity index (χ0v) is 18.8. The Morgan fingerprint density at radius 1 is 1.09 bits per heavy atom. The summed E-state index contributed by atoms with van der Waals surface area (Å²) in [6, 6.07) is 13.4. The van der Waals surface area contributed by atoms with E-state index in [-0.39, 0.29) is 24.2 Å². The first kappa shape index (κ1) is 26.1. The Hall–Kier alpha value is -3.47. The van der Waals surface area contributed by atoms with Crippen molar-refractivity contribution in [2.24, 2.45) is 5.92 Å². The Bertz CT molecular complexity index is 1030. The fourth-order valence-electron chi connectivity index (χ4n) is 4.19. The first-order valence-corrected chi connectivity index (χ1v) is 11.0. The Morgan fingerprint density at radius 2 is 1.71 bits per heavy atom. The van der Waals surface area contributed by atoms with Crippen LogP contribution in [-0.4, -0.2) is 68.6 Å². The van der Waals surface area contributed by atoms with Gasteiger partial charge in [0.1, 0.15) is 0 Å². The third-order valence-electron chi connectivity index (χ3n) is 6.12. The highest BCUT2D eigenvalue weighted by molar-refractivity contribution is 5.89. The lowest BCUT2D eigenvalue weighted by Crippen LogP contribution is -2.47. The second-order valence-electron chi connectivity index (χ2n) is 8.56. The second kappa shape index (κ2) is 10.9. The van der Waals surface area contributed by atoms with Crippen LogP contribution in [0.2, 0.25) is 0 Å². The summed E-state index contributed by atoms with van der Waals surface area (Å²) in [5.74, 6) is -3.02. The normalized spacial score (nSPS) is 19.7. The maximum atomic E-state index is 12.9. The smallest absolute Gasteiger partial charge is 0.475 e. The summed E-state index contributed by atoms with van der Waals surface area (Å²) < 4.78 is 31.7. The predicted octanol–water partition coefficient (Wildman–Crippen LogP) is 2.57. The fraction of sp³-hybridized carbons (Fsp3) is 0.417. The van der Waals surface area contributed by atoms with E-state index in [2.05, 4.69) is 4.98 Å². The summed E-state index contributed by atoms with van der Waals surface area (Å²) in [5, 5.41) is 18.1. The van der Waals surface area contributed by atoms with Gasteiger partial charge in [-0.05, 0) is 30.0 Å². The summed E-state index contributed by atoms with van der Waals surface area (Å²) in [6.07, 6.45) is -0.337. The van der Waals surface area contributed by atoms with Gasteiger partial charge in [0.25, 0.3) is 0 Å². The zero-order valence-electron chi connectivity index (χ0n) is 18.8. The Kier molecular flexibility index (Phi) is 8.11. The SMILES string of the molecule is O=C(O)C(F)(F)F.O=C1CC(C(=O)N2CCC(O)(c3ccccc3)CC2)CN1Cc1cccnc1. The standard InChI is InChI=1S/C22H25N3O3.C2HF3O2/c26-20-13-18(16-25(20)15-17-5-4-10-23-14-17)21(27)24-11-8-22(28,9-12-24)19-6-2-1-3-7-19;3-2(4,5)1(6)7/h1-7,10,14,18,28H,8-9,11-13,15-16H2;(H,6,7). The van der Waals surface area contributed by atoms with E-state index in [0.717, 1.165) is 11.1 Å². The van der Waals surface area contributed by atoms with Crippen molar-refractivity contribution in [2.45, 2.75) is 37.6 Å². The van der Waals surface area contributed by atoms with Crippen LogP contribution in [0.15, 0.2) is 54.9 Å². The molecule has 0 radical (unpaired) electrons. The molecular formula is C24H26F3N3O5. The largest absolute Gasteiger partial charge is 0.490 e. The summed E-state index contributed by atoms with van der Waals surface area (Å²) in [5.41, 5.74) is 0.992. The van der Waals surface area contributed by atoms with Gasteiger partial charge in [-0.1, -0.05) is 36.4 Å². The van der Waals surface area contributed by atoms with Crippen molar-refractivity contribution in [3.63, 3.8) is 0 Å². The maximum absolute atomic E-state index is 12.9. The van der Waals surface area contributed by atoms with Gasteiger partial charge < -0.3 is 20.0 Å². The number of carboxylic acid groups (broad SMARTS) is 1. The van der Waals surface area contributed by atoms with E-state index >= 15 is 0 Å². The Morgan fingerprint density at radius 3 is 2.26 bits per heavy atom. The molecule has 0 saturated carbocycles. The molecule has 1 unspecified atom stereocenters. The van der Waals surface area contributed by atoms with Gasteiger partial charge in [-0.15, -0.1) is 0 Å². The predicted molar refractivity (Wildman–Crippen MR) is 118 cm³/mol. The van der Waals surface area contributed by atoms with Gasteiger partial charge in [0, 0.05) is 45.0 Å². The molecule has 188 valence electrons. The van der Waals surface area contributed by atoms with Gasteiger partial charge in [-0.3, -0.25) is 14.6 Å². The van der Waals surface area contributed by atoms with E-state index < -0.39 is 17.7 Å². The van der Waals surface area contributed by atoms with Crippen LogP contribution in [0.3, 0.4) is 0 Å². The van der Waals surface area contributed by atoms with Crippen LogP contribution >= 0.6 is 0 Å². The fourth-order valence-corrected chi connectivity index (χ4v) is 4.19. The number of alkyl halides is 3. The molecule has 11 heteroatoms. The lowest BCUT2D eigenvalue weighted by molar-refractivity contribution is -0.192. The van der Waals surface area contributed by atoms with Crippen molar-refractivity contribution in [1.82, 2.24) is 14.8 Å². The second-order valence-corrected chi connectivity index (χ2v) is 8.56. The van der Waals surface area contributed by atoms with Crippen LogP contribution in [0, 0.1) is 5.92 Å². The number of nitrogens with zero attached hydrogens (tertiary/aromatic N) is 3. The monoisotopic (exact) mass is 493 g/mol. The van der Waals surface area contributed by atoms with Crippen molar-refractivity contribution in [2.75, 3.05) is 19.6 Å². The first-order valence-electron chi connectivity index (χ1n) is 11.0. The number of amides is 2. The Balaban J connectivity index is 0.000000429. The number of carbonyl (C=O) groups is 3. The average Bonchev–Trinajstić information content (AvgIpc) is 3.20. The van der Waals surface area contributed by atoms with Crippen LogP contribution in [0.25, 0.3) is 0 Å². The topological polar surface area (TPSA) is 111 Å². The molecule has 2 fully saturated rings. The molecule has 2 amide bonds. The quantitative estimate of drug-likeness (QED) is 0.678.